The molecule has 6 heteroatoms. The van der Waals surface area contributed by atoms with Gasteiger partial charge in [0.15, 0.2) is 0 Å². The Morgan fingerprint density at radius 2 is 1.89 bits per heavy atom. The second-order valence-electron chi connectivity index (χ2n) is 9.61. The molecule has 2 aliphatic rings. The van der Waals surface area contributed by atoms with E-state index in [9.17, 15) is 4.79 Å². The monoisotopic (exact) mass is 480 g/mol. The summed E-state index contributed by atoms with van der Waals surface area (Å²) >= 11 is 0. The minimum absolute atomic E-state index is 0.168. The molecule has 1 aromatic heterocycles. The highest BCUT2D eigenvalue weighted by molar-refractivity contribution is 6.00. The van der Waals surface area contributed by atoms with Crippen LogP contribution in [0.15, 0.2) is 53.8 Å². The van der Waals surface area contributed by atoms with E-state index in [0.717, 1.165) is 42.0 Å². The van der Waals surface area contributed by atoms with Crippen LogP contribution < -0.4 is 5.32 Å². The molecule has 0 atom stereocenters. The van der Waals surface area contributed by atoms with Gasteiger partial charge < -0.3 is 14.6 Å². The van der Waals surface area contributed by atoms with Gasteiger partial charge in [0.1, 0.15) is 0 Å². The van der Waals surface area contributed by atoms with Crippen LogP contribution in [0.5, 0.6) is 0 Å². The summed E-state index contributed by atoms with van der Waals surface area (Å²) in [6.07, 6.45) is 16.4. The quantitative estimate of drug-likeness (QED) is 0.424. The Bertz CT molecular complexity index is 940. The van der Waals surface area contributed by atoms with Crippen molar-refractivity contribution in [3.8, 4) is 0 Å². The molecule has 35 heavy (non-hydrogen) atoms. The van der Waals surface area contributed by atoms with Crippen molar-refractivity contribution < 1.29 is 9.53 Å². The van der Waals surface area contributed by atoms with Gasteiger partial charge in [0.05, 0.1) is 24.5 Å². The number of aliphatic imine (C=N–C) groups is 1. The van der Waals surface area contributed by atoms with E-state index in [4.69, 9.17) is 4.74 Å². The third-order valence-corrected chi connectivity index (χ3v) is 6.60. The van der Waals surface area contributed by atoms with Crippen LogP contribution in [-0.4, -0.2) is 61.0 Å². The van der Waals surface area contributed by atoms with Gasteiger partial charge in [-0.15, -0.1) is 0 Å². The van der Waals surface area contributed by atoms with E-state index in [-0.39, 0.29) is 5.91 Å². The first-order valence-electron chi connectivity index (χ1n) is 12.6. The molecule has 0 unspecified atom stereocenters. The minimum Gasteiger partial charge on any atom is -0.379 e. The largest absolute Gasteiger partial charge is 0.379 e. The van der Waals surface area contributed by atoms with Gasteiger partial charge in [-0.1, -0.05) is 37.8 Å². The maximum atomic E-state index is 12.5. The number of rotatable bonds is 7. The van der Waals surface area contributed by atoms with Crippen LogP contribution in [0.3, 0.4) is 0 Å². The lowest BCUT2D eigenvalue weighted by Gasteiger charge is -2.38. The standard InChI is InChI=1S/C18H23N3O.C11H21NO/c1-7-8-9-17-14(4)16(12-21(17)6)18(22)20-15(11-19-5)10-13(2)3;1-10-2-4-11(5-3-10)12-6-8-13-9-7-12/h7-12H,1-2H2,3-6H3,(H,20,22);10-11H,2-9H2,1H3/b9-8-,15-10+,19-11?;. The van der Waals surface area contributed by atoms with Gasteiger partial charge in [0, 0.05) is 51.3 Å². The van der Waals surface area contributed by atoms with Crippen molar-refractivity contribution in [1.29, 1.82) is 0 Å². The van der Waals surface area contributed by atoms with Gasteiger partial charge in [-0.2, -0.15) is 0 Å². The van der Waals surface area contributed by atoms with Gasteiger partial charge in [-0.3, -0.25) is 14.7 Å². The topological polar surface area (TPSA) is 58.9 Å². The number of morpholine rings is 1. The van der Waals surface area contributed by atoms with Gasteiger partial charge in [0.25, 0.3) is 5.91 Å². The molecule has 1 saturated carbocycles. The molecule has 6 nitrogen and oxygen atoms in total. The van der Waals surface area contributed by atoms with E-state index in [0.29, 0.717) is 11.3 Å². The predicted molar refractivity (Wildman–Crippen MR) is 148 cm³/mol. The average Bonchev–Trinajstić information content (AvgIpc) is 3.12. The van der Waals surface area contributed by atoms with Crippen LogP contribution in [0, 0.1) is 12.8 Å². The molecule has 3 rings (SSSR count). The van der Waals surface area contributed by atoms with E-state index in [2.05, 4.69) is 35.3 Å². The molecule has 2 fully saturated rings. The maximum Gasteiger partial charge on any atom is 0.257 e. The molecule has 0 radical (unpaired) electrons. The number of hydrogen-bond donors (Lipinski definition) is 1. The van der Waals surface area contributed by atoms with Crippen molar-refractivity contribution in [2.24, 2.45) is 18.0 Å². The molecule has 192 valence electrons. The van der Waals surface area contributed by atoms with Crippen molar-refractivity contribution in [3.63, 3.8) is 0 Å². The van der Waals surface area contributed by atoms with Gasteiger partial charge in [-0.25, -0.2) is 0 Å². The number of allylic oxidation sites excluding steroid dienone is 5. The summed E-state index contributed by atoms with van der Waals surface area (Å²) in [7, 11) is 3.56. The molecule has 1 aliphatic heterocycles. The van der Waals surface area contributed by atoms with E-state index in [1.54, 1.807) is 25.4 Å². The second-order valence-corrected chi connectivity index (χ2v) is 9.61. The van der Waals surface area contributed by atoms with Crippen molar-refractivity contribution >= 4 is 18.2 Å². The molecule has 1 aromatic rings. The summed E-state index contributed by atoms with van der Waals surface area (Å²) in [5.74, 6) is 0.802. The number of nitrogens with zero attached hydrogens (tertiary/aromatic N) is 3. The lowest BCUT2D eigenvalue weighted by molar-refractivity contribution is 0.00559. The van der Waals surface area contributed by atoms with Crippen LogP contribution in [0.4, 0.5) is 0 Å². The number of ether oxygens (including phenoxy) is 1. The highest BCUT2D eigenvalue weighted by atomic mass is 16.5. The number of aryl methyl sites for hydroxylation is 1. The molecule has 1 amide bonds. The second kappa shape index (κ2) is 14.6. The Balaban J connectivity index is 0.000000279. The third-order valence-electron chi connectivity index (χ3n) is 6.60. The van der Waals surface area contributed by atoms with E-state index in [1.807, 2.05) is 43.8 Å². The summed E-state index contributed by atoms with van der Waals surface area (Å²) in [5, 5.41) is 2.86. The highest BCUT2D eigenvalue weighted by Gasteiger charge is 2.24. The van der Waals surface area contributed by atoms with E-state index >= 15 is 0 Å². The van der Waals surface area contributed by atoms with Gasteiger partial charge >= 0.3 is 0 Å². The van der Waals surface area contributed by atoms with Crippen molar-refractivity contribution in [2.75, 3.05) is 33.4 Å². The summed E-state index contributed by atoms with van der Waals surface area (Å²) < 4.78 is 7.29. The lowest BCUT2D eigenvalue weighted by atomic mass is 9.86. The summed E-state index contributed by atoms with van der Waals surface area (Å²) in [6, 6.07) is 0.875. The van der Waals surface area contributed by atoms with Crippen molar-refractivity contribution in [1.82, 2.24) is 14.8 Å². The number of hydrogen-bond acceptors (Lipinski definition) is 4. The molecular formula is C29H44N4O2. The van der Waals surface area contributed by atoms with Crippen LogP contribution in [0.2, 0.25) is 0 Å². The highest BCUT2D eigenvalue weighted by Crippen LogP contribution is 2.27. The Labute approximate surface area is 212 Å². The van der Waals surface area contributed by atoms with Crippen LogP contribution in [-0.2, 0) is 11.8 Å². The number of carbonyl (C=O) groups excluding carboxylic acids is 1. The van der Waals surface area contributed by atoms with E-state index in [1.165, 1.54) is 38.8 Å². The molecular weight excluding hydrogens is 436 g/mol. The Kier molecular flexibility index (Phi) is 11.9. The van der Waals surface area contributed by atoms with Crippen LogP contribution >= 0.6 is 0 Å². The zero-order chi connectivity index (χ0) is 25.8. The molecule has 1 N–H and O–H groups in total. The molecule has 0 bridgehead atoms. The van der Waals surface area contributed by atoms with Crippen LogP contribution in [0.1, 0.15) is 61.1 Å². The van der Waals surface area contributed by atoms with Crippen molar-refractivity contribution in [3.05, 3.63) is 65.7 Å². The Hall–Kier alpha value is -2.70. The fourth-order valence-electron chi connectivity index (χ4n) is 4.65. The summed E-state index contributed by atoms with van der Waals surface area (Å²) in [6.45, 7) is 17.9. The first kappa shape index (κ1) is 28.5. The number of carbonyl (C=O) groups is 1. The SMILES string of the molecule is C=C/C=C\c1c(C)c(C(=O)N/C(C=NC)=C/C(=C)C)cn1C.CC1CCC(N2CCOCC2)CC1. The predicted octanol–water partition coefficient (Wildman–Crippen LogP) is 5.32. The third kappa shape index (κ3) is 9.11. The van der Waals surface area contributed by atoms with Crippen LogP contribution in [0.25, 0.3) is 6.08 Å². The molecule has 0 spiro atoms. The fourth-order valence-corrected chi connectivity index (χ4v) is 4.65. The van der Waals surface area contributed by atoms with Crippen molar-refractivity contribution in [2.45, 2.75) is 52.5 Å². The lowest BCUT2D eigenvalue weighted by Crippen LogP contribution is -2.44. The maximum absolute atomic E-state index is 12.5. The zero-order valence-corrected chi connectivity index (χ0v) is 22.3. The molecule has 1 saturated heterocycles. The molecule has 0 aromatic carbocycles. The normalized spacial score (nSPS) is 21.6. The van der Waals surface area contributed by atoms with Gasteiger partial charge in [-0.05, 0) is 63.2 Å². The Morgan fingerprint density at radius 1 is 1.23 bits per heavy atom. The average molecular weight is 481 g/mol. The smallest absolute Gasteiger partial charge is 0.257 e. The first-order chi connectivity index (χ1) is 16.8. The molecule has 2 heterocycles. The summed E-state index contributed by atoms with van der Waals surface area (Å²) in [4.78, 5) is 19.0. The Morgan fingerprint density at radius 3 is 2.46 bits per heavy atom. The summed E-state index contributed by atoms with van der Waals surface area (Å²) in [5.41, 5.74) is 3.98. The zero-order valence-electron chi connectivity index (χ0n) is 22.3. The minimum atomic E-state index is -0.168. The van der Waals surface area contributed by atoms with Gasteiger partial charge in [0.2, 0.25) is 0 Å². The first-order valence-corrected chi connectivity index (χ1v) is 12.6. The number of amides is 1. The molecule has 1 aliphatic carbocycles. The fraction of sp³-hybridized carbons (Fsp3) is 0.517. The number of nitrogens with one attached hydrogen (secondary N) is 1. The van der Waals surface area contributed by atoms with E-state index < -0.39 is 0 Å². The number of aromatic nitrogens is 1.